The van der Waals surface area contributed by atoms with Gasteiger partial charge < -0.3 is 14.9 Å². The van der Waals surface area contributed by atoms with E-state index in [-0.39, 0.29) is 19.4 Å². The maximum atomic E-state index is 10.5. The summed E-state index contributed by atoms with van der Waals surface area (Å²) < 4.78 is 4.86. The Bertz CT molecular complexity index is 182. The Morgan fingerprint density at radius 1 is 1.38 bits per heavy atom. The molecule has 13 heavy (non-hydrogen) atoms. The smallest absolute Gasteiger partial charge is 0.332 e. The number of hydrogen-bond donors (Lipinski definition) is 3. The average molecular weight is 208 g/mol. The van der Waals surface area contributed by atoms with Crippen LogP contribution >= 0.6 is 12.6 Å². The van der Waals surface area contributed by atoms with Gasteiger partial charge in [-0.05, 0) is 6.42 Å². The number of rotatable bonds is 7. The van der Waals surface area contributed by atoms with E-state index in [0.29, 0.717) is 5.75 Å². The lowest BCUT2D eigenvalue weighted by Crippen LogP contribution is -2.25. The largest absolute Gasteiger partial charge is 0.481 e. The molecule has 0 aromatic rings. The standard InChI is InChI=1S/C7H12O5S/c8-6(9)2-1-5(7(10)11)12-3-4-13/h5,13H,1-4H2,(H,8,9)(H,10,11). The zero-order valence-electron chi connectivity index (χ0n) is 6.97. The van der Waals surface area contributed by atoms with Crippen LogP contribution in [-0.2, 0) is 14.3 Å². The Morgan fingerprint density at radius 2 is 2.00 bits per heavy atom. The van der Waals surface area contributed by atoms with E-state index in [0.717, 1.165) is 0 Å². The summed E-state index contributed by atoms with van der Waals surface area (Å²) in [6.07, 6.45) is -1.26. The quantitative estimate of drug-likeness (QED) is 0.522. The number of thiol groups is 1. The molecule has 76 valence electrons. The van der Waals surface area contributed by atoms with E-state index in [4.69, 9.17) is 14.9 Å². The number of carbonyl (C=O) groups is 2. The van der Waals surface area contributed by atoms with Crippen molar-refractivity contribution < 1.29 is 24.5 Å². The van der Waals surface area contributed by atoms with Gasteiger partial charge in [0.15, 0.2) is 6.10 Å². The first kappa shape index (κ1) is 12.2. The molecular formula is C7H12O5S. The van der Waals surface area contributed by atoms with Crippen molar-refractivity contribution in [3.05, 3.63) is 0 Å². The summed E-state index contributed by atoms with van der Waals surface area (Å²) in [5.41, 5.74) is 0. The van der Waals surface area contributed by atoms with Gasteiger partial charge in [0, 0.05) is 12.2 Å². The van der Waals surface area contributed by atoms with Gasteiger partial charge in [0.05, 0.1) is 6.61 Å². The molecule has 0 radical (unpaired) electrons. The molecule has 5 nitrogen and oxygen atoms in total. The van der Waals surface area contributed by atoms with Gasteiger partial charge in [-0.15, -0.1) is 0 Å². The second-order valence-electron chi connectivity index (χ2n) is 2.35. The molecule has 0 rings (SSSR count). The van der Waals surface area contributed by atoms with Crippen molar-refractivity contribution in [1.82, 2.24) is 0 Å². The van der Waals surface area contributed by atoms with E-state index < -0.39 is 18.0 Å². The second-order valence-corrected chi connectivity index (χ2v) is 2.80. The van der Waals surface area contributed by atoms with Crippen LogP contribution in [-0.4, -0.2) is 40.6 Å². The maximum absolute atomic E-state index is 10.5. The normalized spacial score (nSPS) is 12.4. The number of ether oxygens (including phenoxy) is 1. The minimum absolute atomic E-state index is 0.0154. The average Bonchev–Trinajstić information content (AvgIpc) is 2.03. The molecule has 0 aromatic heterocycles. The lowest BCUT2D eigenvalue weighted by atomic mass is 10.2. The number of carboxylic acids is 2. The first-order chi connectivity index (χ1) is 6.07. The van der Waals surface area contributed by atoms with E-state index in [1.165, 1.54) is 0 Å². The van der Waals surface area contributed by atoms with Crippen LogP contribution in [0.3, 0.4) is 0 Å². The Kier molecular flexibility index (Phi) is 6.34. The highest BCUT2D eigenvalue weighted by Crippen LogP contribution is 2.03. The van der Waals surface area contributed by atoms with Crippen LogP contribution in [0, 0.1) is 0 Å². The van der Waals surface area contributed by atoms with Gasteiger partial charge >= 0.3 is 11.9 Å². The zero-order chi connectivity index (χ0) is 10.3. The lowest BCUT2D eigenvalue weighted by Gasteiger charge is -2.10. The van der Waals surface area contributed by atoms with Crippen LogP contribution in [0.25, 0.3) is 0 Å². The highest BCUT2D eigenvalue weighted by Gasteiger charge is 2.18. The van der Waals surface area contributed by atoms with Gasteiger partial charge in [-0.2, -0.15) is 12.6 Å². The summed E-state index contributed by atoms with van der Waals surface area (Å²) in [5.74, 6) is -1.75. The summed E-state index contributed by atoms with van der Waals surface area (Å²) in [4.78, 5) is 20.6. The number of carboxylic acid groups (broad SMARTS) is 2. The first-order valence-corrected chi connectivity index (χ1v) is 4.38. The molecule has 0 aliphatic carbocycles. The molecule has 0 amide bonds. The minimum atomic E-state index is -1.14. The molecule has 0 heterocycles. The van der Waals surface area contributed by atoms with Crippen molar-refractivity contribution in [2.75, 3.05) is 12.4 Å². The second kappa shape index (κ2) is 6.73. The summed E-state index contributed by atoms with van der Waals surface area (Å²) in [7, 11) is 0. The van der Waals surface area contributed by atoms with Gasteiger partial charge in [-0.25, -0.2) is 4.79 Å². The molecule has 1 atom stereocenters. The van der Waals surface area contributed by atoms with Crippen molar-refractivity contribution in [1.29, 1.82) is 0 Å². The van der Waals surface area contributed by atoms with Gasteiger partial charge in [0.2, 0.25) is 0 Å². The van der Waals surface area contributed by atoms with Crippen LogP contribution in [0.2, 0.25) is 0 Å². The van der Waals surface area contributed by atoms with E-state index in [1.807, 2.05) is 0 Å². The monoisotopic (exact) mass is 208 g/mol. The molecule has 0 saturated carbocycles. The fourth-order valence-corrected chi connectivity index (χ4v) is 0.833. The van der Waals surface area contributed by atoms with Crippen molar-refractivity contribution in [3.63, 3.8) is 0 Å². The summed E-state index contributed by atoms with van der Waals surface area (Å²) in [6, 6.07) is 0. The van der Waals surface area contributed by atoms with Gasteiger partial charge in [0.1, 0.15) is 0 Å². The molecule has 0 aliphatic heterocycles. The highest BCUT2D eigenvalue weighted by atomic mass is 32.1. The van der Waals surface area contributed by atoms with Crippen LogP contribution in [0.15, 0.2) is 0 Å². The summed E-state index contributed by atoms with van der Waals surface area (Å²) >= 11 is 3.84. The molecule has 2 N–H and O–H groups in total. The molecule has 0 fully saturated rings. The first-order valence-electron chi connectivity index (χ1n) is 3.75. The summed E-state index contributed by atoms with van der Waals surface area (Å²) in [6.45, 7) is 0.208. The van der Waals surface area contributed by atoms with Crippen molar-refractivity contribution >= 4 is 24.6 Å². The van der Waals surface area contributed by atoms with E-state index in [1.54, 1.807) is 0 Å². The predicted octanol–water partition coefficient (Wildman–Crippen LogP) is 0.251. The molecule has 0 aliphatic rings. The van der Waals surface area contributed by atoms with Gasteiger partial charge in [0.25, 0.3) is 0 Å². The van der Waals surface area contributed by atoms with E-state index in [2.05, 4.69) is 12.6 Å². The van der Waals surface area contributed by atoms with Crippen LogP contribution in [0.4, 0.5) is 0 Å². The Labute approximate surface area is 81.1 Å². The Balaban J connectivity index is 3.80. The van der Waals surface area contributed by atoms with Crippen molar-refractivity contribution in [2.24, 2.45) is 0 Å². The number of aliphatic carboxylic acids is 2. The third-order valence-corrected chi connectivity index (χ3v) is 1.49. The third kappa shape index (κ3) is 6.41. The molecule has 0 spiro atoms. The molecule has 0 bridgehead atoms. The number of hydrogen-bond acceptors (Lipinski definition) is 4. The van der Waals surface area contributed by atoms with Crippen LogP contribution in [0.5, 0.6) is 0 Å². The SMILES string of the molecule is O=C(O)CCC(OCCS)C(=O)O. The van der Waals surface area contributed by atoms with Crippen molar-refractivity contribution in [3.8, 4) is 0 Å². The van der Waals surface area contributed by atoms with E-state index >= 15 is 0 Å². The molecule has 0 aromatic carbocycles. The minimum Gasteiger partial charge on any atom is -0.481 e. The fourth-order valence-electron chi connectivity index (χ4n) is 0.728. The topological polar surface area (TPSA) is 83.8 Å². The predicted molar refractivity (Wildman–Crippen MR) is 48.1 cm³/mol. The van der Waals surface area contributed by atoms with Crippen LogP contribution in [0.1, 0.15) is 12.8 Å². The molecule has 0 saturated heterocycles. The van der Waals surface area contributed by atoms with Gasteiger partial charge in [-0.3, -0.25) is 4.79 Å². The molecule has 1 unspecified atom stereocenters. The zero-order valence-corrected chi connectivity index (χ0v) is 7.87. The van der Waals surface area contributed by atoms with Gasteiger partial charge in [-0.1, -0.05) is 0 Å². The third-order valence-electron chi connectivity index (χ3n) is 1.31. The fraction of sp³-hybridized carbons (Fsp3) is 0.714. The van der Waals surface area contributed by atoms with Crippen LogP contribution < -0.4 is 0 Å². The molecule has 6 heteroatoms. The Hall–Kier alpha value is -0.750. The maximum Gasteiger partial charge on any atom is 0.332 e. The van der Waals surface area contributed by atoms with E-state index in [9.17, 15) is 9.59 Å². The van der Waals surface area contributed by atoms with Crippen molar-refractivity contribution in [2.45, 2.75) is 18.9 Å². The molecular weight excluding hydrogens is 196 g/mol. The lowest BCUT2D eigenvalue weighted by molar-refractivity contribution is -0.151. The summed E-state index contributed by atoms with van der Waals surface area (Å²) in [5, 5.41) is 16.9. The highest BCUT2D eigenvalue weighted by molar-refractivity contribution is 7.80. The Morgan fingerprint density at radius 3 is 2.38 bits per heavy atom.